The average Bonchev–Trinajstić information content (AvgIpc) is 2.49. The van der Waals surface area contributed by atoms with E-state index >= 15 is 4.39 Å². The van der Waals surface area contributed by atoms with E-state index in [0.717, 1.165) is 0 Å². The highest BCUT2D eigenvalue weighted by Crippen LogP contribution is 2.41. The van der Waals surface area contributed by atoms with Crippen LogP contribution >= 0.6 is 39.9 Å². The standard InChI is InChI=1S/C14H9BrClFN4O2.ClH/c15-9-5-10-8(4-11(9)21(22)23)13(20-6-19-10)14(17)2-1-7(18)3-12(14)16;/h1-6,12H,18H2;1H. The van der Waals surface area contributed by atoms with Crippen LogP contribution in [0.25, 0.3) is 10.9 Å². The number of fused-ring (bicyclic) bond motifs is 1. The summed E-state index contributed by atoms with van der Waals surface area (Å²) in [5.41, 5.74) is 3.92. The highest BCUT2D eigenvalue weighted by Gasteiger charge is 2.41. The van der Waals surface area contributed by atoms with Gasteiger partial charge in [0.25, 0.3) is 5.69 Å². The monoisotopic (exact) mass is 434 g/mol. The largest absolute Gasteiger partial charge is 0.399 e. The quantitative estimate of drug-likeness (QED) is 0.438. The molecule has 1 heterocycles. The highest BCUT2D eigenvalue weighted by atomic mass is 79.9. The molecule has 0 spiro atoms. The van der Waals surface area contributed by atoms with Crippen molar-refractivity contribution in [2.24, 2.45) is 5.73 Å². The first-order valence-corrected chi connectivity index (χ1v) is 7.64. The van der Waals surface area contributed by atoms with Gasteiger partial charge in [0.1, 0.15) is 6.33 Å². The molecule has 0 amide bonds. The van der Waals surface area contributed by atoms with E-state index in [9.17, 15) is 10.1 Å². The van der Waals surface area contributed by atoms with Gasteiger partial charge in [-0.05, 0) is 40.2 Å². The molecule has 0 saturated heterocycles. The minimum Gasteiger partial charge on any atom is -0.399 e. The molecule has 0 radical (unpaired) electrons. The molecule has 2 atom stereocenters. The van der Waals surface area contributed by atoms with Crippen molar-refractivity contribution in [2.45, 2.75) is 11.0 Å². The van der Waals surface area contributed by atoms with Crippen molar-refractivity contribution >= 4 is 56.5 Å². The van der Waals surface area contributed by atoms with Gasteiger partial charge in [-0.25, -0.2) is 14.4 Å². The fourth-order valence-corrected chi connectivity index (χ4v) is 3.17. The van der Waals surface area contributed by atoms with E-state index in [-0.39, 0.29) is 33.6 Å². The molecular formula is C14H10BrCl2FN4O2. The average molecular weight is 436 g/mol. The third-order valence-corrected chi connectivity index (χ3v) is 4.60. The topological polar surface area (TPSA) is 94.9 Å². The number of halogens is 4. The molecule has 0 aliphatic heterocycles. The van der Waals surface area contributed by atoms with Crippen LogP contribution in [0.2, 0.25) is 0 Å². The van der Waals surface area contributed by atoms with Gasteiger partial charge in [-0.3, -0.25) is 10.1 Å². The van der Waals surface area contributed by atoms with E-state index in [2.05, 4.69) is 25.9 Å². The smallest absolute Gasteiger partial charge is 0.284 e. The highest BCUT2D eigenvalue weighted by molar-refractivity contribution is 9.10. The minimum absolute atomic E-state index is 0. The molecule has 1 aliphatic rings. The van der Waals surface area contributed by atoms with Gasteiger partial charge < -0.3 is 5.73 Å². The van der Waals surface area contributed by atoms with E-state index in [1.165, 1.54) is 36.7 Å². The molecule has 1 aromatic heterocycles. The maximum atomic E-state index is 15.4. The molecule has 0 fully saturated rings. The second kappa shape index (κ2) is 6.62. The van der Waals surface area contributed by atoms with Crippen LogP contribution in [0.3, 0.4) is 0 Å². The Bertz CT molecular complexity index is 892. The number of nitro benzene ring substituents is 1. The number of rotatable bonds is 2. The van der Waals surface area contributed by atoms with Gasteiger partial charge in [0.2, 0.25) is 0 Å². The number of nitro groups is 1. The molecular weight excluding hydrogens is 426 g/mol. The maximum Gasteiger partial charge on any atom is 0.284 e. The molecule has 24 heavy (non-hydrogen) atoms. The molecule has 126 valence electrons. The van der Waals surface area contributed by atoms with E-state index in [1.54, 1.807) is 0 Å². The lowest BCUT2D eigenvalue weighted by molar-refractivity contribution is -0.385. The molecule has 2 N–H and O–H groups in total. The van der Waals surface area contributed by atoms with E-state index in [1.807, 2.05) is 0 Å². The van der Waals surface area contributed by atoms with Crippen molar-refractivity contribution in [2.75, 3.05) is 0 Å². The van der Waals surface area contributed by atoms with Crippen LogP contribution in [-0.4, -0.2) is 20.3 Å². The first-order chi connectivity index (χ1) is 10.8. The molecule has 1 aliphatic carbocycles. The fraction of sp³-hybridized carbons (Fsp3) is 0.143. The SMILES string of the molecule is Cl.NC1=CC(Cl)C(F)(c2ncnc3cc(Br)c([N+](=O)[O-])cc23)C=C1. The Balaban J connectivity index is 0.00000208. The summed E-state index contributed by atoms with van der Waals surface area (Å²) >= 11 is 9.21. The van der Waals surface area contributed by atoms with Gasteiger partial charge in [-0.2, -0.15) is 0 Å². The number of allylic oxidation sites excluding steroid dienone is 3. The van der Waals surface area contributed by atoms with Gasteiger partial charge >= 0.3 is 0 Å². The number of alkyl halides is 2. The van der Waals surface area contributed by atoms with E-state index in [4.69, 9.17) is 17.3 Å². The van der Waals surface area contributed by atoms with Gasteiger partial charge in [0, 0.05) is 17.1 Å². The summed E-state index contributed by atoms with van der Waals surface area (Å²) in [5, 5.41) is 10.2. The van der Waals surface area contributed by atoms with Gasteiger partial charge in [0.15, 0.2) is 5.67 Å². The third kappa shape index (κ3) is 2.97. The number of benzene rings is 1. The summed E-state index contributed by atoms with van der Waals surface area (Å²) in [5.74, 6) is 0. The first-order valence-electron chi connectivity index (χ1n) is 6.41. The normalized spacial score (nSPS) is 22.8. The van der Waals surface area contributed by atoms with Crippen LogP contribution in [0, 0.1) is 10.1 Å². The van der Waals surface area contributed by atoms with Crippen molar-refractivity contribution in [1.82, 2.24) is 9.97 Å². The van der Waals surface area contributed by atoms with Crippen LogP contribution in [0.15, 0.2) is 46.9 Å². The molecule has 3 rings (SSSR count). The zero-order valence-electron chi connectivity index (χ0n) is 11.8. The van der Waals surface area contributed by atoms with Crippen LogP contribution in [0.1, 0.15) is 5.69 Å². The van der Waals surface area contributed by atoms with E-state index in [0.29, 0.717) is 11.2 Å². The molecule has 0 saturated carbocycles. The predicted octanol–water partition coefficient (Wildman–Crippen LogP) is 3.91. The van der Waals surface area contributed by atoms with E-state index < -0.39 is 16.0 Å². The molecule has 10 heteroatoms. The summed E-state index contributed by atoms with van der Waals surface area (Å²) in [4.78, 5) is 18.6. The number of hydrogen-bond acceptors (Lipinski definition) is 5. The lowest BCUT2D eigenvalue weighted by Crippen LogP contribution is -2.32. The number of hydrogen-bond donors (Lipinski definition) is 1. The second-order valence-corrected chi connectivity index (χ2v) is 6.29. The van der Waals surface area contributed by atoms with Gasteiger partial charge in [-0.15, -0.1) is 24.0 Å². The summed E-state index contributed by atoms with van der Waals surface area (Å²) in [6, 6.07) is 2.68. The lowest BCUT2D eigenvalue weighted by Gasteiger charge is -2.28. The minimum atomic E-state index is -2.15. The Morgan fingerprint density at radius 1 is 1.42 bits per heavy atom. The number of nitrogens with two attached hydrogens (primary N) is 1. The molecule has 2 unspecified atom stereocenters. The molecule has 1 aromatic carbocycles. The summed E-state index contributed by atoms with van der Waals surface area (Å²) in [7, 11) is 0. The predicted molar refractivity (Wildman–Crippen MR) is 95.0 cm³/mol. The van der Waals surface area contributed by atoms with Crippen molar-refractivity contribution in [3.8, 4) is 0 Å². The Labute approximate surface area is 155 Å². The Hall–Kier alpha value is -1.77. The summed E-state index contributed by atoms with van der Waals surface area (Å²) < 4.78 is 15.7. The first kappa shape index (κ1) is 18.6. The van der Waals surface area contributed by atoms with Gasteiger partial charge in [-0.1, -0.05) is 0 Å². The van der Waals surface area contributed by atoms with Crippen molar-refractivity contribution in [3.63, 3.8) is 0 Å². The van der Waals surface area contributed by atoms with Crippen molar-refractivity contribution in [1.29, 1.82) is 0 Å². The summed E-state index contributed by atoms with van der Waals surface area (Å²) in [6.45, 7) is 0. The van der Waals surface area contributed by atoms with Crippen LogP contribution in [-0.2, 0) is 5.67 Å². The van der Waals surface area contributed by atoms with Crippen molar-refractivity contribution < 1.29 is 9.31 Å². The van der Waals surface area contributed by atoms with Crippen LogP contribution < -0.4 is 5.73 Å². The number of nitrogens with zero attached hydrogens (tertiary/aromatic N) is 3. The van der Waals surface area contributed by atoms with Crippen molar-refractivity contribution in [3.05, 3.63) is 62.7 Å². The molecule has 2 aromatic rings. The second-order valence-electron chi connectivity index (χ2n) is 4.97. The lowest BCUT2D eigenvalue weighted by atomic mass is 9.89. The third-order valence-electron chi connectivity index (χ3n) is 3.52. The zero-order valence-corrected chi connectivity index (χ0v) is 15.0. The molecule has 6 nitrogen and oxygen atoms in total. The summed E-state index contributed by atoms with van der Waals surface area (Å²) in [6.07, 6.45) is 5.15. The zero-order chi connectivity index (χ0) is 16.8. The van der Waals surface area contributed by atoms with Crippen LogP contribution in [0.5, 0.6) is 0 Å². The Kier molecular flexibility index (Phi) is 5.12. The molecule has 0 bridgehead atoms. The van der Waals surface area contributed by atoms with Crippen LogP contribution in [0.4, 0.5) is 10.1 Å². The number of aromatic nitrogens is 2. The Morgan fingerprint density at radius 3 is 2.75 bits per heavy atom. The Morgan fingerprint density at radius 2 is 2.12 bits per heavy atom. The fourth-order valence-electron chi connectivity index (χ4n) is 2.38. The van der Waals surface area contributed by atoms with Gasteiger partial charge in [0.05, 0.1) is 26.0 Å². The maximum absolute atomic E-state index is 15.4.